The van der Waals surface area contributed by atoms with Gasteiger partial charge in [0.25, 0.3) is 5.89 Å². The number of carbonyl (C=O) groups is 1. The first-order valence-corrected chi connectivity index (χ1v) is 8.94. The van der Waals surface area contributed by atoms with E-state index in [0.717, 1.165) is 36.5 Å². The fourth-order valence-corrected chi connectivity index (χ4v) is 3.67. The largest absolute Gasteiger partial charge is 0.334 e. The number of hydrogen-bond donors (Lipinski definition) is 0. The molecular weight excluding hydrogens is 328 g/mol. The van der Waals surface area contributed by atoms with Crippen LogP contribution in [-0.4, -0.2) is 27.6 Å². The molecule has 26 heavy (non-hydrogen) atoms. The molecule has 1 aliphatic heterocycles. The maximum absolute atomic E-state index is 11.9. The second-order valence-corrected chi connectivity index (χ2v) is 6.90. The Labute approximate surface area is 150 Å². The zero-order valence-electron chi connectivity index (χ0n) is 14.2. The molecule has 2 fully saturated rings. The van der Waals surface area contributed by atoms with Gasteiger partial charge in [-0.1, -0.05) is 35.5 Å². The predicted octanol–water partition coefficient (Wildman–Crippen LogP) is 3.53. The van der Waals surface area contributed by atoms with E-state index in [4.69, 9.17) is 4.52 Å². The van der Waals surface area contributed by atoms with Gasteiger partial charge in [-0.2, -0.15) is 4.98 Å². The van der Waals surface area contributed by atoms with Gasteiger partial charge in [0.2, 0.25) is 5.91 Å². The number of rotatable bonds is 4. The van der Waals surface area contributed by atoms with Gasteiger partial charge in [-0.3, -0.25) is 9.78 Å². The molecule has 2 atom stereocenters. The Balaban J connectivity index is 1.37. The van der Waals surface area contributed by atoms with Crippen molar-refractivity contribution in [2.75, 3.05) is 11.4 Å². The van der Waals surface area contributed by atoms with Gasteiger partial charge in [0.15, 0.2) is 5.82 Å². The molecule has 2 aromatic heterocycles. The Morgan fingerprint density at radius 1 is 1.12 bits per heavy atom. The lowest BCUT2D eigenvalue weighted by Crippen LogP contribution is -2.23. The van der Waals surface area contributed by atoms with Crippen molar-refractivity contribution in [3.8, 4) is 11.5 Å². The van der Waals surface area contributed by atoms with E-state index in [9.17, 15) is 4.79 Å². The highest BCUT2D eigenvalue weighted by Crippen LogP contribution is 2.53. The van der Waals surface area contributed by atoms with Gasteiger partial charge >= 0.3 is 0 Å². The summed E-state index contributed by atoms with van der Waals surface area (Å²) in [6.07, 6.45) is 5.93. The third-order valence-corrected chi connectivity index (χ3v) is 5.15. The molecular formula is C20H18N4O2. The summed E-state index contributed by atoms with van der Waals surface area (Å²) >= 11 is 0. The van der Waals surface area contributed by atoms with E-state index in [-0.39, 0.29) is 5.91 Å². The van der Waals surface area contributed by atoms with E-state index in [1.165, 1.54) is 5.56 Å². The average Bonchev–Trinajstić information content (AvgIpc) is 3.11. The lowest BCUT2D eigenvalue weighted by molar-refractivity contribution is -0.117. The number of carbonyl (C=O) groups excluding carboxylic acids is 1. The quantitative estimate of drug-likeness (QED) is 0.723. The van der Waals surface area contributed by atoms with E-state index in [0.29, 0.717) is 24.1 Å². The Morgan fingerprint density at radius 3 is 2.81 bits per heavy atom. The average molecular weight is 346 g/mol. The lowest BCUT2D eigenvalue weighted by atomic mass is 10.1. The summed E-state index contributed by atoms with van der Waals surface area (Å²) in [6.45, 7) is 0.736. The van der Waals surface area contributed by atoms with Crippen LogP contribution in [0.1, 0.15) is 42.5 Å². The topological polar surface area (TPSA) is 72.1 Å². The van der Waals surface area contributed by atoms with Crippen LogP contribution in [0.2, 0.25) is 0 Å². The molecule has 1 aliphatic carbocycles. The Bertz CT molecular complexity index is 953. The SMILES string of the molecule is O=C1CCCN1c1cncc(-c2nc([C@@H]3C[C@H]3c3ccccc3)no2)c1. The molecule has 6 heteroatoms. The molecule has 5 rings (SSSR count). The number of pyridine rings is 1. The van der Waals surface area contributed by atoms with E-state index in [1.54, 1.807) is 17.3 Å². The summed E-state index contributed by atoms with van der Waals surface area (Å²) in [4.78, 5) is 22.5. The van der Waals surface area contributed by atoms with Gasteiger partial charge in [0.05, 0.1) is 17.4 Å². The molecule has 1 saturated carbocycles. The summed E-state index contributed by atoms with van der Waals surface area (Å²) in [6, 6.07) is 12.3. The molecule has 0 radical (unpaired) electrons. The van der Waals surface area contributed by atoms with Crippen LogP contribution < -0.4 is 4.90 Å². The molecule has 6 nitrogen and oxygen atoms in total. The molecule has 1 amide bonds. The van der Waals surface area contributed by atoms with Crippen molar-refractivity contribution in [3.05, 3.63) is 60.2 Å². The Morgan fingerprint density at radius 2 is 2.00 bits per heavy atom. The minimum atomic E-state index is 0.138. The maximum atomic E-state index is 11.9. The van der Waals surface area contributed by atoms with Crippen LogP contribution >= 0.6 is 0 Å². The third-order valence-electron chi connectivity index (χ3n) is 5.15. The predicted molar refractivity (Wildman–Crippen MR) is 95.7 cm³/mol. The number of hydrogen-bond acceptors (Lipinski definition) is 5. The Hall–Kier alpha value is -3.02. The number of amides is 1. The van der Waals surface area contributed by atoms with Crippen LogP contribution in [0.25, 0.3) is 11.5 Å². The molecule has 0 unspecified atom stereocenters. The van der Waals surface area contributed by atoms with Gasteiger partial charge in [-0.25, -0.2) is 0 Å². The van der Waals surface area contributed by atoms with Crippen molar-refractivity contribution < 1.29 is 9.32 Å². The van der Waals surface area contributed by atoms with Gasteiger partial charge in [0.1, 0.15) is 0 Å². The van der Waals surface area contributed by atoms with E-state index >= 15 is 0 Å². The fraction of sp³-hybridized carbons (Fsp3) is 0.300. The van der Waals surface area contributed by atoms with Crippen LogP contribution in [0.3, 0.4) is 0 Å². The highest BCUT2D eigenvalue weighted by atomic mass is 16.5. The summed E-state index contributed by atoms with van der Waals surface area (Å²) in [5.74, 6) is 2.12. The molecule has 0 N–H and O–H groups in total. The Kier molecular flexibility index (Phi) is 3.55. The van der Waals surface area contributed by atoms with Crippen molar-refractivity contribution in [2.45, 2.75) is 31.1 Å². The standard InChI is InChI=1S/C20H18N4O2/c25-18-7-4-8-24(18)15-9-14(11-21-12-15)20-22-19(23-26-20)17-10-16(17)13-5-2-1-3-6-13/h1-3,5-6,9,11-12,16-17H,4,7-8,10H2/t16-,17+/m0/s1. The fourth-order valence-electron chi connectivity index (χ4n) is 3.67. The monoisotopic (exact) mass is 346 g/mol. The second-order valence-electron chi connectivity index (χ2n) is 6.90. The second kappa shape index (κ2) is 6.05. The zero-order valence-corrected chi connectivity index (χ0v) is 14.2. The van der Waals surface area contributed by atoms with Gasteiger partial charge in [-0.05, 0) is 30.4 Å². The van der Waals surface area contributed by atoms with Gasteiger partial charge in [0, 0.05) is 25.1 Å². The zero-order chi connectivity index (χ0) is 17.5. The smallest absolute Gasteiger partial charge is 0.259 e. The summed E-state index contributed by atoms with van der Waals surface area (Å²) in [5.41, 5.74) is 2.86. The highest BCUT2D eigenvalue weighted by Gasteiger charge is 2.42. The van der Waals surface area contributed by atoms with Crippen molar-refractivity contribution in [2.24, 2.45) is 0 Å². The minimum Gasteiger partial charge on any atom is -0.334 e. The van der Waals surface area contributed by atoms with Crippen LogP contribution in [-0.2, 0) is 4.79 Å². The van der Waals surface area contributed by atoms with E-state index in [2.05, 4.69) is 39.4 Å². The molecule has 1 aromatic carbocycles. The molecule has 0 bridgehead atoms. The number of benzene rings is 1. The molecule has 2 aliphatic rings. The molecule has 0 spiro atoms. The molecule has 3 heterocycles. The van der Waals surface area contributed by atoms with Crippen molar-refractivity contribution >= 4 is 11.6 Å². The first-order valence-electron chi connectivity index (χ1n) is 8.94. The van der Waals surface area contributed by atoms with E-state index in [1.807, 2.05) is 12.1 Å². The lowest BCUT2D eigenvalue weighted by Gasteiger charge is -2.15. The van der Waals surface area contributed by atoms with Crippen molar-refractivity contribution in [1.82, 2.24) is 15.1 Å². The van der Waals surface area contributed by atoms with Crippen molar-refractivity contribution in [1.29, 1.82) is 0 Å². The molecule has 3 aromatic rings. The normalized spacial score (nSPS) is 22.0. The third kappa shape index (κ3) is 2.67. The van der Waals surface area contributed by atoms with Crippen LogP contribution in [0, 0.1) is 0 Å². The summed E-state index contributed by atoms with van der Waals surface area (Å²) in [7, 11) is 0. The van der Waals surface area contributed by atoms with Gasteiger partial charge < -0.3 is 9.42 Å². The van der Waals surface area contributed by atoms with Crippen molar-refractivity contribution in [3.63, 3.8) is 0 Å². The van der Waals surface area contributed by atoms with Gasteiger partial charge in [-0.15, -0.1) is 0 Å². The van der Waals surface area contributed by atoms with Crippen LogP contribution in [0.15, 0.2) is 53.3 Å². The summed E-state index contributed by atoms with van der Waals surface area (Å²) in [5, 5.41) is 4.18. The summed E-state index contributed by atoms with van der Waals surface area (Å²) < 4.78 is 5.48. The highest BCUT2D eigenvalue weighted by molar-refractivity contribution is 5.95. The maximum Gasteiger partial charge on any atom is 0.259 e. The number of nitrogens with zero attached hydrogens (tertiary/aromatic N) is 4. The number of aromatic nitrogens is 3. The number of anilines is 1. The van der Waals surface area contributed by atoms with Crippen LogP contribution in [0.5, 0.6) is 0 Å². The minimum absolute atomic E-state index is 0.138. The molecule has 130 valence electrons. The van der Waals surface area contributed by atoms with Crippen LogP contribution in [0.4, 0.5) is 5.69 Å². The first-order chi connectivity index (χ1) is 12.8. The first kappa shape index (κ1) is 15.3. The molecule has 1 saturated heterocycles. The van der Waals surface area contributed by atoms with E-state index < -0.39 is 0 Å².